The highest BCUT2D eigenvalue weighted by Gasteiger charge is 2.20. The molecule has 7 heteroatoms. The number of benzene rings is 5. The molecule has 10 rings (SSSR count). The van der Waals surface area contributed by atoms with Gasteiger partial charge >= 0.3 is 0 Å². The van der Waals surface area contributed by atoms with Crippen LogP contribution in [0.1, 0.15) is 25.3 Å². The van der Waals surface area contributed by atoms with Crippen molar-refractivity contribution in [3.8, 4) is 79.2 Å². The molecule has 5 heterocycles. The monoisotopic (exact) mass is 735 g/mol. The van der Waals surface area contributed by atoms with E-state index in [9.17, 15) is 0 Å². The zero-order valence-corrected chi connectivity index (χ0v) is 31.5. The number of fused-ring (bicyclic) bond motifs is 2. The molecule has 0 radical (unpaired) electrons. The van der Waals surface area contributed by atoms with Crippen LogP contribution in [0.4, 0.5) is 0 Å². The lowest BCUT2D eigenvalue weighted by Crippen LogP contribution is -2.01. The molecular formula is C50H37N7. The summed E-state index contributed by atoms with van der Waals surface area (Å²) in [5.41, 5.74) is 13.7. The summed E-state index contributed by atoms with van der Waals surface area (Å²) in [6, 6.07) is 58.3. The number of imidazole rings is 2. The van der Waals surface area contributed by atoms with E-state index < -0.39 is 0 Å². The van der Waals surface area contributed by atoms with E-state index in [2.05, 4.69) is 132 Å². The summed E-state index contributed by atoms with van der Waals surface area (Å²) in [6.07, 6.45) is 4.13. The van der Waals surface area contributed by atoms with E-state index in [0.29, 0.717) is 23.4 Å². The molecule has 0 amide bonds. The van der Waals surface area contributed by atoms with Crippen LogP contribution in [0, 0.1) is 0 Å². The van der Waals surface area contributed by atoms with Crippen molar-refractivity contribution in [3.63, 3.8) is 0 Å². The average molecular weight is 736 g/mol. The Morgan fingerprint density at radius 2 is 0.754 bits per heavy atom. The second-order valence-corrected chi connectivity index (χ2v) is 14.5. The van der Waals surface area contributed by atoms with Crippen LogP contribution >= 0.6 is 0 Å². The summed E-state index contributed by atoms with van der Waals surface area (Å²) >= 11 is 0. The normalized spacial score (nSPS) is 11.5. The molecule has 5 aromatic heterocycles. The highest BCUT2D eigenvalue weighted by atomic mass is 15.0. The summed E-state index contributed by atoms with van der Waals surface area (Å²) < 4.78 is 4.30. The van der Waals surface area contributed by atoms with Crippen LogP contribution in [0.3, 0.4) is 0 Å². The van der Waals surface area contributed by atoms with Gasteiger partial charge in [0.1, 0.15) is 11.3 Å². The maximum absolute atomic E-state index is 5.21. The molecule has 10 aromatic rings. The van der Waals surface area contributed by atoms with E-state index in [4.69, 9.17) is 24.9 Å². The molecule has 272 valence electrons. The molecule has 0 N–H and O–H groups in total. The molecule has 0 fully saturated rings. The molecule has 0 spiro atoms. The van der Waals surface area contributed by atoms with E-state index in [0.717, 1.165) is 73.0 Å². The van der Waals surface area contributed by atoms with Crippen molar-refractivity contribution in [2.75, 3.05) is 0 Å². The van der Waals surface area contributed by atoms with Gasteiger partial charge in [-0.2, -0.15) is 0 Å². The lowest BCUT2D eigenvalue weighted by Gasteiger charge is -2.12. The third-order valence-electron chi connectivity index (χ3n) is 10.4. The minimum atomic E-state index is 0.412. The molecule has 0 aliphatic rings. The quantitative estimate of drug-likeness (QED) is 0.155. The Hall–Kier alpha value is -7.51. The van der Waals surface area contributed by atoms with Gasteiger partial charge < -0.3 is 0 Å². The summed E-state index contributed by atoms with van der Waals surface area (Å²) in [4.78, 5) is 25.7. The van der Waals surface area contributed by atoms with Gasteiger partial charge in [-0.3, -0.25) is 8.80 Å². The molecule has 7 nitrogen and oxygen atoms in total. The summed E-state index contributed by atoms with van der Waals surface area (Å²) in [5, 5.41) is 0. The van der Waals surface area contributed by atoms with Crippen molar-refractivity contribution >= 4 is 11.3 Å². The van der Waals surface area contributed by atoms with E-state index >= 15 is 0 Å². The Bertz CT molecular complexity index is 2860. The Kier molecular flexibility index (Phi) is 8.53. The smallest absolute Gasteiger partial charge is 0.164 e. The predicted molar refractivity (Wildman–Crippen MR) is 229 cm³/mol. The van der Waals surface area contributed by atoms with Crippen molar-refractivity contribution in [1.29, 1.82) is 0 Å². The fourth-order valence-corrected chi connectivity index (χ4v) is 7.53. The van der Waals surface area contributed by atoms with E-state index in [1.807, 2.05) is 72.8 Å². The fourth-order valence-electron chi connectivity index (χ4n) is 7.53. The van der Waals surface area contributed by atoms with Gasteiger partial charge in [0.2, 0.25) is 0 Å². The third kappa shape index (κ3) is 6.35. The first kappa shape index (κ1) is 34.0. The van der Waals surface area contributed by atoms with Gasteiger partial charge in [0.15, 0.2) is 17.5 Å². The van der Waals surface area contributed by atoms with Gasteiger partial charge in [0, 0.05) is 51.3 Å². The van der Waals surface area contributed by atoms with Crippen molar-refractivity contribution < 1.29 is 0 Å². The standard InChI is InChI=1S/C50H37N7/c1-33(2)34-25-27-37(28-26-34)48-53-49(40-21-13-19-38(31-40)46-44(35-15-5-3-6-16-35)51-42-23-9-11-29-56(42)46)55-50(54-48)41-22-14-20-39(32-41)47-45(36-17-7-4-8-18-36)52-43-24-10-12-30-57(43)47/h3-33H,1-2H3. The molecule has 57 heavy (non-hydrogen) atoms. The summed E-state index contributed by atoms with van der Waals surface area (Å²) in [6.45, 7) is 4.40. The van der Waals surface area contributed by atoms with Gasteiger partial charge in [0.25, 0.3) is 0 Å². The van der Waals surface area contributed by atoms with E-state index in [1.165, 1.54) is 5.56 Å². The van der Waals surface area contributed by atoms with E-state index in [-0.39, 0.29) is 0 Å². The van der Waals surface area contributed by atoms with Crippen LogP contribution < -0.4 is 0 Å². The minimum absolute atomic E-state index is 0.412. The van der Waals surface area contributed by atoms with Crippen LogP contribution in [-0.4, -0.2) is 33.7 Å². The van der Waals surface area contributed by atoms with Crippen LogP contribution in [0.2, 0.25) is 0 Å². The molecule has 0 aliphatic carbocycles. The molecule has 0 bridgehead atoms. The Labute approximate surface area is 330 Å². The fraction of sp³-hybridized carbons (Fsp3) is 0.0600. The van der Waals surface area contributed by atoms with Gasteiger partial charge in [-0.25, -0.2) is 24.9 Å². The molecule has 0 atom stereocenters. The van der Waals surface area contributed by atoms with Crippen molar-refractivity contribution in [1.82, 2.24) is 33.7 Å². The number of hydrogen-bond acceptors (Lipinski definition) is 5. The highest BCUT2D eigenvalue weighted by molar-refractivity contribution is 5.85. The van der Waals surface area contributed by atoms with Gasteiger partial charge in [-0.15, -0.1) is 0 Å². The molecular weight excluding hydrogens is 699 g/mol. The number of aromatic nitrogens is 7. The molecule has 0 aliphatic heterocycles. The Morgan fingerprint density at radius 3 is 1.21 bits per heavy atom. The van der Waals surface area contributed by atoms with Crippen molar-refractivity contribution in [2.45, 2.75) is 19.8 Å². The Balaban J connectivity index is 1.14. The second-order valence-electron chi connectivity index (χ2n) is 14.5. The Morgan fingerprint density at radius 1 is 0.351 bits per heavy atom. The number of pyridine rings is 2. The first-order valence-electron chi connectivity index (χ1n) is 19.2. The number of hydrogen-bond donors (Lipinski definition) is 0. The van der Waals surface area contributed by atoms with E-state index in [1.54, 1.807) is 0 Å². The maximum Gasteiger partial charge on any atom is 0.164 e. The van der Waals surface area contributed by atoms with Crippen molar-refractivity contribution in [2.24, 2.45) is 0 Å². The zero-order valence-electron chi connectivity index (χ0n) is 31.5. The summed E-state index contributed by atoms with van der Waals surface area (Å²) in [5.74, 6) is 2.20. The first-order chi connectivity index (χ1) is 28.1. The zero-order chi connectivity index (χ0) is 38.3. The number of nitrogens with zero attached hydrogens (tertiary/aromatic N) is 7. The van der Waals surface area contributed by atoms with Gasteiger partial charge in [-0.05, 0) is 47.9 Å². The van der Waals surface area contributed by atoms with Crippen LogP contribution in [0.5, 0.6) is 0 Å². The van der Waals surface area contributed by atoms with Crippen LogP contribution in [0.15, 0.2) is 182 Å². The maximum atomic E-state index is 5.21. The molecule has 0 saturated carbocycles. The molecule has 0 unspecified atom stereocenters. The number of rotatable bonds is 8. The third-order valence-corrected chi connectivity index (χ3v) is 10.4. The topological polar surface area (TPSA) is 73.3 Å². The van der Waals surface area contributed by atoms with Gasteiger partial charge in [-0.1, -0.05) is 147 Å². The highest BCUT2D eigenvalue weighted by Crippen LogP contribution is 2.37. The van der Waals surface area contributed by atoms with Gasteiger partial charge in [0.05, 0.1) is 22.8 Å². The minimum Gasteiger partial charge on any atom is -0.299 e. The second kappa shape index (κ2) is 14.3. The van der Waals surface area contributed by atoms with Crippen LogP contribution in [-0.2, 0) is 0 Å². The summed E-state index contributed by atoms with van der Waals surface area (Å²) in [7, 11) is 0. The lowest BCUT2D eigenvalue weighted by molar-refractivity contribution is 0.867. The first-order valence-corrected chi connectivity index (χ1v) is 19.2. The lowest BCUT2D eigenvalue weighted by atomic mass is 10.0. The molecule has 0 saturated heterocycles. The predicted octanol–water partition coefficient (Wildman–Crippen LogP) is 12.0. The SMILES string of the molecule is CC(C)c1ccc(-c2nc(-c3cccc(-c4c(-c5ccccc5)nc5ccccn45)c3)nc(-c3cccc(-c4c(-c5ccccc5)nc5ccccn45)c3)n2)cc1. The average Bonchev–Trinajstić information content (AvgIpc) is 3.87. The van der Waals surface area contributed by atoms with Crippen molar-refractivity contribution in [3.05, 3.63) is 188 Å². The largest absolute Gasteiger partial charge is 0.299 e. The molecule has 5 aromatic carbocycles. The van der Waals surface area contributed by atoms with Crippen LogP contribution in [0.25, 0.3) is 90.5 Å².